The lowest BCUT2D eigenvalue weighted by Crippen LogP contribution is -3.05. The van der Waals surface area contributed by atoms with Crippen LogP contribution in [-0.2, 0) is 0 Å². The van der Waals surface area contributed by atoms with E-state index in [0.29, 0.717) is 0 Å². The minimum Gasteiger partial charge on any atom is -0.340 e. The van der Waals surface area contributed by atoms with Crippen LogP contribution < -0.4 is 10.6 Å². The summed E-state index contributed by atoms with van der Waals surface area (Å²) < 4.78 is 0. The molecule has 0 spiro atoms. The third kappa shape index (κ3) is 5.92. The van der Waals surface area contributed by atoms with E-state index in [0.717, 1.165) is 6.54 Å². The second-order valence-corrected chi connectivity index (χ2v) is 2.45. The van der Waals surface area contributed by atoms with Crippen LogP contribution in [0.5, 0.6) is 0 Å². The van der Waals surface area contributed by atoms with Gasteiger partial charge in [0.1, 0.15) is 0 Å². The van der Waals surface area contributed by atoms with Gasteiger partial charge in [0.25, 0.3) is 0 Å². The number of hydrogen-bond donors (Lipinski definition) is 2. The summed E-state index contributed by atoms with van der Waals surface area (Å²) in [5.74, 6) is 0. The van der Waals surface area contributed by atoms with Crippen molar-refractivity contribution < 1.29 is 4.90 Å². The molecule has 3 N–H and O–H groups in total. The van der Waals surface area contributed by atoms with Gasteiger partial charge in [0, 0.05) is 0 Å². The van der Waals surface area contributed by atoms with Crippen molar-refractivity contribution in [2.45, 2.75) is 12.8 Å². The van der Waals surface area contributed by atoms with Crippen LogP contribution in [0.2, 0.25) is 0 Å². The SMILES string of the molecule is C[NH+](C)CCCCN. The zero-order valence-electron chi connectivity index (χ0n) is 5.91. The summed E-state index contributed by atoms with van der Waals surface area (Å²) in [4.78, 5) is 1.51. The fourth-order valence-corrected chi connectivity index (χ4v) is 0.623. The molecule has 0 fully saturated rings. The third-order valence-corrected chi connectivity index (χ3v) is 1.13. The summed E-state index contributed by atoms with van der Waals surface area (Å²) in [5, 5.41) is 0. The van der Waals surface area contributed by atoms with Crippen LogP contribution in [0.1, 0.15) is 12.8 Å². The average molecular weight is 117 g/mol. The van der Waals surface area contributed by atoms with E-state index in [-0.39, 0.29) is 0 Å². The maximum absolute atomic E-state index is 5.31. The quantitative estimate of drug-likeness (QED) is 0.448. The monoisotopic (exact) mass is 117 g/mol. The van der Waals surface area contributed by atoms with E-state index in [9.17, 15) is 0 Å². The molecule has 0 aromatic rings. The van der Waals surface area contributed by atoms with Crippen molar-refractivity contribution in [1.29, 1.82) is 0 Å². The molecule has 0 aliphatic rings. The van der Waals surface area contributed by atoms with E-state index in [1.54, 1.807) is 0 Å². The zero-order valence-corrected chi connectivity index (χ0v) is 5.91. The molecule has 8 heavy (non-hydrogen) atoms. The molecule has 0 radical (unpaired) electrons. The first kappa shape index (κ1) is 7.92. The van der Waals surface area contributed by atoms with E-state index in [2.05, 4.69) is 14.1 Å². The zero-order chi connectivity index (χ0) is 6.41. The van der Waals surface area contributed by atoms with Crippen molar-refractivity contribution in [2.75, 3.05) is 27.2 Å². The maximum atomic E-state index is 5.31. The van der Waals surface area contributed by atoms with Crippen LogP contribution in [0.15, 0.2) is 0 Å². The van der Waals surface area contributed by atoms with Crippen molar-refractivity contribution in [3.8, 4) is 0 Å². The Labute approximate surface area is 51.7 Å². The molecule has 0 aliphatic heterocycles. The van der Waals surface area contributed by atoms with Gasteiger partial charge in [-0.15, -0.1) is 0 Å². The molecule has 0 saturated carbocycles. The molecule has 0 aromatic heterocycles. The number of hydrogen-bond acceptors (Lipinski definition) is 1. The van der Waals surface area contributed by atoms with Gasteiger partial charge < -0.3 is 10.6 Å². The van der Waals surface area contributed by atoms with Gasteiger partial charge in [0.2, 0.25) is 0 Å². The van der Waals surface area contributed by atoms with Gasteiger partial charge in [0.15, 0.2) is 0 Å². The molecule has 50 valence electrons. The summed E-state index contributed by atoms with van der Waals surface area (Å²) in [6.07, 6.45) is 2.43. The smallest absolute Gasteiger partial charge is 0.0767 e. The van der Waals surface area contributed by atoms with Crippen LogP contribution in [0.4, 0.5) is 0 Å². The Kier molecular flexibility index (Phi) is 5.01. The summed E-state index contributed by atoms with van der Waals surface area (Å²) >= 11 is 0. The predicted octanol–water partition coefficient (Wildman–Crippen LogP) is -1.13. The second-order valence-electron chi connectivity index (χ2n) is 2.45. The molecule has 0 aromatic carbocycles. The van der Waals surface area contributed by atoms with E-state index >= 15 is 0 Å². The second kappa shape index (κ2) is 5.06. The fraction of sp³-hybridized carbons (Fsp3) is 1.00. The van der Waals surface area contributed by atoms with Crippen LogP contribution in [0.25, 0.3) is 0 Å². The summed E-state index contributed by atoms with van der Waals surface area (Å²) in [6, 6.07) is 0. The topological polar surface area (TPSA) is 30.5 Å². The van der Waals surface area contributed by atoms with Crippen molar-refractivity contribution in [1.82, 2.24) is 0 Å². The first-order valence-electron chi connectivity index (χ1n) is 3.26. The fourth-order valence-electron chi connectivity index (χ4n) is 0.623. The van der Waals surface area contributed by atoms with Crippen molar-refractivity contribution in [3.05, 3.63) is 0 Å². The van der Waals surface area contributed by atoms with Crippen molar-refractivity contribution >= 4 is 0 Å². The Hall–Kier alpha value is -0.0800. The molecular weight excluding hydrogens is 100 g/mol. The van der Waals surface area contributed by atoms with Crippen LogP contribution in [0.3, 0.4) is 0 Å². The Balaban J connectivity index is 2.72. The Bertz CT molecular complexity index is 43.8. The van der Waals surface area contributed by atoms with Gasteiger partial charge in [-0.05, 0) is 19.4 Å². The van der Waals surface area contributed by atoms with Gasteiger partial charge in [-0.25, -0.2) is 0 Å². The molecule has 0 aliphatic carbocycles. The van der Waals surface area contributed by atoms with E-state index in [1.807, 2.05) is 0 Å². The number of rotatable bonds is 4. The largest absolute Gasteiger partial charge is 0.340 e. The molecule has 0 bridgehead atoms. The van der Waals surface area contributed by atoms with Crippen LogP contribution in [0, 0.1) is 0 Å². The highest BCUT2D eigenvalue weighted by molar-refractivity contribution is 4.35. The number of unbranched alkanes of at least 4 members (excludes halogenated alkanes) is 1. The van der Waals surface area contributed by atoms with Gasteiger partial charge in [-0.2, -0.15) is 0 Å². The standard InChI is InChI=1S/C6H16N2/c1-8(2)6-4-3-5-7/h3-7H2,1-2H3/p+1. The molecule has 0 saturated heterocycles. The molecule has 0 atom stereocenters. The molecular formula is C6H17N2+. The number of nitrogens with two attached hydrogens (primary N) is 1. The maximum Gasteiger partial charge on any atom is 0.0767 e. The van der Waals surface area contributed by atoms with Gasteiger partial charge in [0.05, 0.1) is 20.6 Å². The predicted molar refractivity (Wildman–Crippen MR) is 36.0 cm³/mol. The molecule has 0 rings (SSSR count). The first-order chi connectivity index (χ1) is 3.77. The lowest BCUT2D eigenvalue weighted by atomic mass is 10.3. The summed E-state index contributed by atoms with van der Waals surface area (Å²) in [6.45, 7) is 2.09. The summed E-state index contributed by atoms with van der Waals surface area (Å²) in [7, 11) is 4.33. The Morgan fingerprint density at radius 3 is 2.25 bits per heavy atom. The van der Waals surface area contributed by atoms with E-state index < -0.39 is 0 Å². The molecule has 0 unspecified atom stereocenters. The van der Waals surface area contributed by atoms with E-state index in [1.165, 1.54) is 24.3 Å². The van der Waals surface area contributed by atoms with Crippen LogP contribution >= 0.6 is 0 Å². The van der Waals surface area contributed by atoms with E-state index in [4.69, 9.17) is 5.73 Å². The Morgan fingerprint density at radius 1 is 1.25 bits per heavy atom. The lowest BCUT2D eigenvalue weighted by Gasteiger charge is -2.04. The van der Waals surface area contributed by atoms with Crippen molar-refractivity contribution in [2.24, 2.45) is 5.73 Å². The summed E-state index contributed by atoms with van der Waals surface area (Å²) in [5.41, 5.74) is 5.31. The molecule has 2 nitrogen and oxygen atoms in total. The minimum absolute atomic E-state index is 0.841. The molecule has 0 amide bonds. The van der Waals surface area contributed by atoms with Crippen molar-refractivity contribution in [3.63, 3.8) is 0 Å². The molecule has 2 heteroatoms. The number of nitrogens with one attached hydrogen (secondary N) is 1. The average Bonchev–Trinajstić information content (AvgIpc) is 1.66. The highest BCUT2D eigenvalue weighted by Crippen LogP contribution is 1.77. The molecule has 0 heterocycles. The van der Waals surface area contributed by atoms with Gasteiger partial charge in [-0.3, -0.25) is 0 Å². The normalized spacial score (nSPS) is 10.5. The van der Waals surface area contributed by atoms with Gasteiger partial charge in [-0.1, -0.05) is 0 Å². The number of quaternary nitrogens is 1. The lowest BCUT2D eigenvalue weighted by molar-refractivity contribution is -0.858. The van der Waals surface area contributed by atoms with Gasteiger partial charge >= 0.3 is 0 Å². The third-order valence-electron chi connectivity index (χ3n) is 1.13. The Morgan fingerprint density at radius 2 is 1.88 bits per heavy atom. The minimum atomic E-state index is 0.841. The highest BCUT2D eigenvalue weighted by atomic mass is 15.0. The highest BCUT2D eigenvalue weighted by Gasteiger charge is 1.89. The first-order valence-corrected chi connectivity index (χ1v) is 3.26. The van der Waals surface area contributed by atoms with Crippen LogP contribution in [-0.4, -0.2) is 27.2 Å².